The minimum absolute atomic E-state index is 0.258. The lowest BCUT2D eigenvalue weighted by Gasteiger charge is -2.34. The molecule has 0 atom stereocenters. The number of amides is 1. The molecule has 1 aliphatic rings. The third kappa shape index (κ3) is 7.58. The largest absolute Gasteiger partial charge is 0.415 e. The number of carbonyl (C=O) groups excluding carboxylic acids is 1. The predicted octanol–water partition coefficient (Wildman–Crippen LogP) is 4.56. The first kappa shape index (κ1) is 23.3. The molecule has 33 heavy (non-hydrogen) atoms. The van der Waals surface area contributed by atoms with E-state index in [-0.39, 0.29) is 6.09 Å². The van der Waals surface area contributed by atoms with Crippen LogP contribution in [0, 0.1) is 0 Å². The van der Waals surface area contributed by atoms with E-state index < -0.39 is 0 Å². The van der Waals surface area contributed by atoms with Crippen LogP contribution in [0.5, 0.6) is 5.75 Å². The quantitative estimate of drug-likeness (QED) is 0.435. The Morgan fingerprint density at radius 1 is 0.879 bits per heavy atom. The molecule has 1 amide bonds. The Balaban J connectivity index is 1.14. The summed E-state index contributed by atoms with van der Waals surface area (Å²) in [5.41, 5.74) is 2.51. The molecule has 0 radical (unpaired) electrons. The first-order valence-electron chi connectivity index (χ1n) is 11.5. The molecular formula is C26H30N4O2S. The smallest absolute Gasteiger partial charge is 0.410 e. The van der Waals surface area contributed by atoms with Crippen LogP contribution in [-0.4, -0.2) is 64.3 Å². The number of thioether (sulfide) groups is 1. The number of piperazine rings is 1. The molecule has 0 spiro atoms. The van der Waals surface area contributed by atoms with E-state index in [9.17, 15) is 4.79 Å². The molecule has 6 nitrogen and oxygen atoms in total. The summed E-state index contributed by atoms with van der Waals surface area (Å²) in [5, 5.41) is 0. The fraction of sp³-hybridized carbons (Fsp3) is 0.346. The zero-order chi connectivity index (χ0) is 22.7. The van der Waals surface area contributed by atoms with Crippen molar-refractivity contribution in [1.82, 2.24) is 19.8 Å². The predicted molar refractivity (Wildman–Crippen MR) is 132 cm³/mol. The van der Waals surface area contributed by atoms with Crippen molar-refractivity contribution >= 4 is 17.9 Å². The Kier molecular flexibility index (Phi) is 8.72. The van der Waals surface area contributed by atoms with Crippen LogP contribution < -0.4 is 4.74 Å². The standard InChI is InChI=1S/C26H30N4O2S/c31-26(30-18-16-29(17-19-30)15-2-4-23-3-1-12-28-21-23)32-24-7-5-22(6-8-24)11-20-33-25-9-13-27-14-10-25/h1,3,5-10,12-14,21H,2,4,11,15-20H2. The average Bonchev–Trinajstić information content (AvgIpc) is 2.87. The van der Waals surface area contributed by atoms with E-state index in [0.717, 1.165) is 44.6 Å². The number of aromatic nitrogens is 2. The summed E-state index contributed by atoms with van der Waals surface area (Å²) in [4.78, 5) is 26.2. The molecule has 1 saturated heterocycles. The highest BCUT2D eigenvalue weighted by Crippen LogP contribution is 2.20. The number of aryl methyl sites for hydroxylation is 2. The van der Waals surface area contributed by atoms with Crippen molar-refractivity contribution < 1.29 is 9.53 Å². The number of hydrogen-bond acceptors (Lipinski definition) is 6. The lowest BCUT2D eigenvalue weighted by molar-refractivity contribution is 0.110. The van der Waals surface area contributed by atoms with E-state index >= 15 is 0 Å². The van der Waals surface area contributed by atoms with Gasteiger partial charge in [0.25, 0.3) is 0 Å². The fourth-order valence-corrected chi connectivity index (χ4v) is 4.71. The number of nitrogens with zero attached hydrogens (tertiary/aromatic N) is 4. The van der Waals surface area contributed by atoms with Crippen molar-refractivity contribution in [3.63, 3.8) is 0 Å². The van der Waals surface area contributed by atoms with Gasteiger partial charge < -0.3 is 9.64 Å². The number of rotatable bonds is 9. The monoisotopic (exact) mass is 462 g/mol. The van der Waals surface area contributed by atoms with Gasteiger partial charge >= 0.3 is 6.09 Å². The maximum atomic E-state index is 12.6. The van der Waals surface area contributed by atoms with Crippen LogP contribution in [0.25, 0.3) is 0 Å². The van der Waals surface area contributed by atoms with Crippen molar-refractivity contribution in [1.29, 1.82) is 0 Å². The second-order valence-electron chi connectivity index (χ2n) is 8.09. The second-order valence-corrected chi connectivity index (χ2v) is 9.26. The number of carbonyl (C=O) groups is 1. The maximum Gasteiger partial charge on any atom is 0.415 e. The summed E-state index contributed by atoms with van der Waals surface area (Å²) >= 11 is 1.81. The van der Waals surface area contributed by atoms with Crippen molar-refractivity contribution in [3.8, 4) is 5.75 Å². The Bertz CT molecular complexity index is 978. The van der Waals surface area contributed by atoms with Gasteiger partial charge in [0.05, 0.1) is 0 Å². The Morgan fingerprint density at radius 3 is 2.39 bits per heavy atom. The fourth-order valence-electron chi connectivity index (χ4n) is 3.82. The number of pyridine rings is 2. The molecule has 172 valence electrons. The van der Waals surface area contributed by atoms with Gasteiger partial charge in [-0.2, -0.15) is 0 Å². The number of ether oxygens (including phenoxy) is 1. The van der Waals surface area contributed by atoms with Crippen LogP contribution in [0.4, 0.5) is 4.79 Å². The zero-order valence-electron chi connectivity index (χ0n) is 18.8. The Hall–Kier alpha value is -2.90. The molecule has 0 aliphatic carbocycles. The summed E-state index contributed by atoms with van der Waals surface area (Å²) in [6.45, 7) is 4.22. The normalized spacial score (nSPS) is 14.2. The van der Waals surface area contributed by atoms with Gasteiger partial charge in [-0.05, 0) is 67.3 Å². The van der Waals surface area contributed by atoms with E-state index in [0.29, 0.717) is 18.8 Å². The maximum absolute atomic E-state index is 12.6. The third-order valence-electron chi connectivity index (χ3n) is 5.73. The number of hydrogen-bond donors (Lipinski definition) is 0. The van der Waals surface area contributed by atoms with Gasteiger partial charge in [-0.25, -0.2) is 4.79 Å². The summed E-state index contributed by atoms with van der Waals surface area (Å²) < 4.78 is 5.61. The second kappa shape index (κ2) is 12.4. The molecule has 3 aromatic rings. The van der Waals surface area contributed by atoms with E-state index in [4.69, 9.17) is 4.74 Å². The van der Waals surface area contributed by atoms with Crippen LogP contribution in [-0.2, 0) is 12.8 Å². The molecule has 1 fully saturated rings. The van der Waals surface area contributed by atoms with Crippen LogP contribution in [0.3, 0.4) is 0 Å². The van der Waals surface area contributed by atoms with E-state index in [1.807, 2.05) is 72.8 Å². The highest BCUT2D eigenvalue weighted by molar-refractivity contribution is 7.99. The first-order valence-corrected chi connectivity index (χ1v) is 12.4. The van der Waals surface area contributed by atoms with E-state index in [2.05, 4.69) is 20.9 Å². The summed E-state index contributed by atoms with van der Waals surface area (Å²) in [6, 6.07) is 16.0. The first-order chi connectivity index (χ1) is 16.3. The van der Waals surface area contributed by atoms with Crippen molar-refractivity contribution in [3.05, 3.63) is 84.4 Å². The zero-order valence-corrected chi connectivity index (χ0v) is 19.6. The molecule has 0 N–H and O–H groups in total. The van der Waals surface area contributed by atoms with Crippen LogP contribution in [0.15, 0.2) is 78.2 Å². The molecule has 3 heterocycles. The van der Waals surface area contributed by atoms with Gasteiger partial charge in [-0.3, -0.25) is 14.9 Å². The van der Waals surface area contributed by atoms with Gasteiger partial charge in [0, 0.05) is 61.6 Å². The van der Waals surface area contributed by atoms with Gasteiger partial charge in [0.1, 0.15) is 5.75 Å². The Labute approximate surface area is 200 Å². The average molecular weight is 463 g/mol. The highest BCUT2D eigenvalue weighted by atomic mass is 32.2. The SMILES string of the molecule is O=C(Oc1ccc(CCSc2ccncc2)cc1)N1CCN(CCCc2cccnc2)CC1. The molecular weight excluding hydrogens is 432 g/mol. The van der Waals surface area contributed by atoms with Crippen molar-refractivity contribution in [2.75, 3.05) is 38.5 Å². The van der Waals surface area contributed by atoms with Crippen LogP contribution >= 0.6 is 11.8 Å². The van der Waals surface area contributed by atoms with Gasteiger partial charge in [-0.15, -0.1) is 11.8 Å². The molecule has 1 aliphatic heterocycles. The summed E-state index contributed by atoms with van der Waals surface area (Å²) in [5.74, 6) is 1.60. The third-order valence-corrected chi connectivity index (χ3v) is 6.74. The lowest BCUT2D eigenvalue weighted by Crippen LogP contribution is -2.49. The Morgan fingerprint density at radius 2 is 1.67 bits per heavy atom. The van der Waals surface area contributed by atoms with Gasteiger partial charge in [0.15, 0.2) is 0 Å². The van der Waals surface area contributed by atoms with Crippen molar-refractivity contribution in [2.45, 2.75) is 24.2 Å². The lowest BCUT2D eigenvalue weighted by atomic mass is 10.1. The number of benzene rings is 1. The van der Waals surface area contributed by atoms with Gasteiger partial charge in [0.2, 0.25) is 0 Å². The molecule has 7 heteroatoms. The molecule has 2 aromatic heterocycles. The summed E-state index contributed by atoms with van der Waals surface area (Å²) in [7, 11) is 0. The summed E-state index contributed by atoms with van der Waals surface area (Å²) in [6.07, 6.45) is 10.2. The highest BCUT2D eigenvalue weighted by Gasteiger charge is 2.22. The van der Waals surface area contributed by atoms with E-state index in [1.54, 1.807) is 11.1 Å². The molecule has 4 rings (SSSR count). The molecule has 0 saturated carbocycles. The molecule has 0 bridgehead atoms. The van der Waals surface area contributed by atoms with Gasteiger partial charge in [-0.1, -0.05) is 18.2 Å². The van der Waals surface area contributed by atoms with Crippen LogP contribution in [0.2, 0.25) is 0 Å². The topological polar surface area (TPSA) is 58.6 Å². The van der Waals surface area contributed by atoms with Crippen molar-refractivity contribution in [2.24, 2.45) is 0 Å². The minimum atomic E-state index is -0.258. The van der Waals surface area contributed by atoms with E-state index in [1.165, 1.54) is 16.0 Å². The molecule has 1 aromatic carbocycles. The molecule has 0 unspecified atom stereocenters. The van der Waals surface area contributed by atoms with Crippen LogP contribution in [0.1, 0.15) is 17.5 Å². The minimum Gasteiger partial charge on any atom is -0.410 e.